The fourth-order valence-corrected chi connectivity index (χ4v) is 3.11. The number of nitrogens with zero attached hydrogens (tertiary/aromatic N) is 1. The topological polar surface area (TPSA) is 48.0 Å². The van der Waals surface area contributed by atoms with E-state index in [1.807, 2.05) is 0 Å². The highest BCUT2D eigenvalue weighted by atomic mass is 19.1. The Morgan fingerprint density at radius 3 is 2.91 bits per heavy atom. The van der Waals surface area contributed by atoms with Crippen LogP contribution < -0.4 is 4.74 Å². The van der Waals surface area contributed by atoms with E-state index in [-0.39, 0.29) is 24.5 Å². The van der Waals surface area contributed by atoms with Gasteiger partial charge < -0.3 is 14.2 Å². The van der Waals surface area contributed by atoms with Gasteiger partial charge in [-0.15, -0.1) is 0 Å². The third-order valence-corrected chi connectivity index (χ3v) is 4.27. The molecule has 120 valence electrons. The highest BCUT2D eigenvalue weighted by molar-refractivity contribution is 5.72. The van der Waals surface area contributed by atoms with Crippen LogP contribution in [0, 0.1) is 11.7 Å². The standard InChI is InChI=1S/C16H20FNO4/c1-20-16(19)11-2-4-18(5-3-11)8-12-6-14(17)7-13-9-21-10-22-15(12)13/h6-7,11H,2-5,8-10H2,1H3. The largest absolute Gasteiger partial charge is 0.469 e. The molecule has 1 saturated heterocycles. The lowest BCUT2D eigenvalue weighted by Gasteiger charge is -2.31. The maximum absolute atomic E-state index is 13.7. The molecule has 2 aliphatic rings. The summed E-state index contributed by atoms with van der Waals surface area (Å²) < 4.78 is 29.3. The number of rotatable bonds is 3. The van der Waals surface area contributed by atoms with Crippen LogP contribution in [0.4, 0.5) is 4.39 Å². The van der Waals surface area contributed by atoms with Gasteiger partial charge in [0.15, 0.2) is 6.79 Å². The summed E-state index contributed by atoms with van der Waals surface area (Å²) in [5.74, 6) is 0.311. The van der Waals surface area contributed by atoms with Gasteiger partial charge in [0.05, 0.1) is 19.6 Å². The third-order valence-electron chi connectivity index (χ3n) is 4.27. The summed E-state index contributed by atoms with van der Waals surface area (Å²) in [7, 11) is 1.42. The maximum Gasteiger partial charge on any atom is 0.308 e. The molecule has 1 aromatic carbocycles. The lowest BCUT2D eigenvalue weighted by atomic mass is 9.96. The summed E-state index contributed by atoms with van der Waals surface area (Å²) in [6.07, 6.45) is 1.54. The molecule has 5 nitrogen and oxygen atoms in total. The zero-order valence-electron chi connectivity index (χ0n) is 12.6. The molecule has 1 aromatic rings. The van der Waals surface area contributed by atoms with Gasteiger partial charge in [0, 0.05) is 17.7 Å². The Morgan fingerprint density at radius 2 is 2.18 bits per heavy atom. The van der Waals surface area contributed by atoms with E-state index in [4.69, 9.17) is 14.2 Å². The summed E-state index contributed by atoms with van der Waals surface area (Å²) >= 11 is 0. The van der Waals surface area contributed by atoms with Gasteiger partial charge in [-0.05, 0) is 38.1 Å². The second kappa shape index (κ2) is 6.62. The van der Waals surface area contributed by atoms with Crippen molar-refractivity contribution in [3.8, 4) is 5.75 Å². The fraction of sp³-hybridized carbons (Fsp3) is 0.562. The number of benzene rings is 1. The van der Waals surface area contributed by atoms with Crippen LogP contribution >= 0.6 is 0 Å². The molecule has 0 amide bonds. The first-order chi connectivity index (χ1) is 10.7. The summed E-state index contributed by atoms with van der Waals surface area (Å²) in [6.45, 7) is 2.79. The van der Waals surface area contributed by atoms with Crippen molar-refractivity contribution in [2.24, 2.45) is 5.92 Å². The molecule has 0 atom stereocenters. The van der Waals surface area contributed by atoms with Gasteiger partial charge in [-0.25, -0.2) is 4.39 Å². The van der Waals surface area contributed by atoms with E-state index in [0.717, 1.165) is 42.8 Å². The van der Waals surface area contributed by atoms with Crippen molar-refractivity contribution in [3.63, 3.8) is 0 Å². The molecule has 0 aromatic heterocycles. The molecule has 2 heterocycles. The first-order valence-electron chi connectivity index (χ1n) is 7.49. The zero-order valence-corrected chi connectivity index (χ0v) is 12.6. The smallest absolute Gasteiger partial charge is 0.308 e. The van der Waals surface area contributed by atoms with Crippen molar-refractivity contribution in [2.45, 2.75) is 26.0 Å². The number of methoxy groups -OCH3 is 1. The number of carbonyl (C=O) groups excluding carboxylic acids is 1. The molecule has 0 aliphatic carbocycles. The van der Waals surface area contributed by atoms with Crippen molar-refractivity contribution in [3.05, 3.63) is 29.1 Å². The number of ether oxygens (including phenoxy) is 3. The minimum absolute atomic E-state index is 0.0210. The van der Waals surface area contributed by atoms with Gasteiger partial charge in [0.25, 0.3) is 0 Å². The summed E-state index contributed by atoms with van der Waals surface area (Å²) in [4.78, 5) is 13.8. The number of halogens is 1. The Labute approximate surface area is 128 Å². The molecule has 2 aliphatic heterocycles. The molecular weight excluding hydrogens is 289 g/mol. The third kappa shape index (κ3) is 3.23. The zero-order chi connectivity index (χ0) is 15.5. The molecule has 0 bridgehead atoms. The van der Waals surface area contributed by atoms with Crippen LogP contribution in [0.5, 0.6) is 5.75 Å². The van der Waals surface area contributed by atoms with Gasteiger partial charge in [-0.1, -0.05) is 0 Å². The highest BCUT2D eigenvalue weighted by Gasteiger charge is 2.26. The Morgan fingerprint density at radius 1 is 1.41 bits per heavy atom. The Hall–Kier alpha value is -1.66. The van der Waals surface area contributed by atoms with Crippen LogP contribution in [0.25, 0.3) is 0 Å². The molecule has 3 rings (SSSR count). The van der Waals surface area contributed by atoms with Crippen LogP contribution in [0.1, 0.15) is 24.0 Å². The van der Waals surface area contributed by atoms with Crippen LogP contribution in [0.2, 0.25) is 0 Å². The molecule has 0 unspecified atom stereocenters. The summed E-state index contributed by atoms with van der Waals surface area (Å²) in [5.41, 5.74) is 1.60. The quantitative estimate of drug-likeness (QED) is 0.800. The molecule has 1 fully saturated rings. The van der Waals surface area contributed by atoms with Crippen molar-refractivity contribution < 1.29 is 23.4 Å². The molecule has 0 radical (unpaired) electrons. The number of hydrogen-bond acceptors (Lipinski definition) is 5. The van der Waals surface area contributed by atoms with Gasteiger partial charge >= 0.3 is 5.97 Å². The second-order valence-electron chi connectivity index (χ2n) is 5.74. The first-order valence-corrected chi connectivity index (χ1v) is 7.49. The van der Waals surface area contributed by atoms with Crippen LogP contribution in [-0.2, 0) is 27.4 Å². The fourth-order valence-electron chi connectivity index (χ4n) is 3.11. The molecule has 0 spiro atoms. The van der Waals surface area contributed by atoms with Gasteiger partial charge in [0.2, 0.25) is 0 Å². The van der Waals surface area contributed by atoms with Gasteiger partial charge in [-0.2, -0.15) is 0 Å². The van der Waals surface area contributed by atoms with E-state index >= 15 is 0 Å². The van der Waals surface area contributed by atoms with Crippen molar-refractivity contribution in [1.29, 1.82) is 0 Å². The normalized spacial score (nSPS) is 19.4. The van der Waals surface area contributed by atoms with Crippen molar-refractivity contribution in [2.75, 3.05) is 27.0 Å². The lowest BCUT2D eigenvalue weighted by molar-refractivity contribution is -0.147. The Balaban J connectivity index is 1.67. The molecule has 0 N–H and O–H groups in total. The predicted octanol–water partition coefficient (Wildman–Crippen LogP) is 2.08. The summed E-state index contributed by atoms with van der Waals surface area (Å²) in [6, 6.07) is 2.98. The van der Waals surface area contributed by atoms with E-state index < -0.39 is 0 Å². The molecule has 22 heavy (non-hydrogen) atoms. The first kappa shape index (κ1) is 15.2. The van der Waals surface area contributed by atoms with Crippen LogP contribution in [0.15, 0.2) is 12.1 Å². The monoisotopic (exact) mass is 309 g/mol. The number of piperidine rings is 1. The molecule has 0 saturated carbocycles. The average molecular weight is 309 g/mol. The summed E-state index contributed by atoms with van der Waals surface area (Å²) in [5, 5.41) is 0. The SMILES string of the molecule is COC(=O)C1CCN(Cc2cc(F)cc3c2OCOC3)CC1. The van der Waals surface area contributed by atoms with Crippen molar-refractivity contribution in [1.82, 2.24) is 4.90 Å². The highest BCUT2D eigenvalue weighted by Crippen LogP contribution is 2.31. The number of esters is 1. The van der Waals surface area contributed by atoms with E-state index in [1.165, 1.54) is 19.2 Å². The van der Waals surface area contributed by atoms with Crippen LogP contribution in [0.3, 0.4) is 0 Å². The van der Waals surface area contributed by atoms with Gasteiger partial charge in [-0.3, -0.25) is 9.69 Å². The predicted molar refractivity (Wildman–Crippen MR) is 76.7 cm³/mol. The average Bonchev–Trinajstić information content (AvgIpc) is 2.54. The number of likely N-dealkylation sites (tertiary alicyclic amines) is 1. The second-order valence-corrected chi connectivity index (χ2v) is 5.74. The number of carbonyl (C=O) groups is 1. The van der Waals surface area contributed by atoms with E-state index in [1.54, 1.807) is 0 Å². The number of fused-ring (bicyclic) bond motifs is 1. The lowest BCUT2D eigenvalue weighted by Crippen LogP contribution is -2.36. The van der Waals surface area contributed by atoms with E-state index in [0.29, 0.717) is 13.2 Å². The van der Waals surface area contributed by atoms with Crippen molar-refractivity contribution >= 4 is 5.97 Å². The Kier molecular flexibility index (Phi) is 4.59. The Bertz CT molecular complexity index is 555. The number of hydrogen-bond donors (Lipinski definition) is 0. The minimum Gasteiger partial charge on any atom is -0.469 e. The minimum atomic E-state index is -0.271. The van der Waals surface area contributed by atoms with Crippen LogP contribution in [-0.4, -0.2) is 37.9 Å². The molecular formula is C16H20FNO4. The van der Waals surface area contributed by atoms with E-state index in [9.17, 15) is 9.18 Å². The van der Waals surface area contributed by atoms with Gasteiger partial charge in [0.1, 0.15) is 11.6 Å². The van der Waals surface area contributed by atoms with E-state index in [2.05, 4.69) is 4.90 Å². The maximum atomic E-state index is 13.7. The molecule has 6 heteroatoms.